The van der Waals surface area contributed by atoms with Crippen LogP contribution in [-0.4, -0.2) is 71.5 Å². The summed E-state index contributed by atoms with van der Waals surface area (Å²) in [5.74, 6) is 1.48. The molecule has 2 aromatic rings. The van der Waals surface area contributed by atoms with Gasteiger partial charge in [0, 0.05) is 50.8 Å². The van der Waals surface area contributed by atoms with Crippen molar-refractivity contribution in [2.24, 2.45) is 5.41 Å². The van der Waals surface area contributed by atoms with Gasteiger partial charge in [0.15, 0.2) is 0 Å². The Hall–Kier alpha value is -3.00. The van der Waals surface area contributed by atoms with E-state index < -0.39 is 5.41 Å². The summed E-state index contributed by atoms with van der Waals surface area (Å²) >= 11 is 0. The van der Waals surface area contributed by atoms with Crippen LogP contribution in [0.4, 0.5) is 0 Å². The summed E-state index contributed by atoms with van der Waals surface area (Å²) in [6.07, 6.45) is 6.63. The maximum absolute atomic E-state index is 13.5. The van der Waals surface area contributed by atoms with Crippen LogP contribution >= 0.6 is 0 Å². The molecule has 2 aliphatic rings. The fraction of sp³-hybridized carbons (Fsp3) is 0.538. The summed E-state index contributed by atoms with van der Waals surface area (Å²) in [4.78, 5) is 38.5. The number of likely N-dealkylation sites (tertiary alicyclic amines) is 2. The number of carbonyl (C=O) groups excluding carboxylic acids is 2. The number of rotatable bonds is 6. The van der Waals surface area contributed by atoms with E-state index in [1.165, 1.54) is 7.11 Å². The highest BCUT2D eigenvalue weighted by atomic mass is 16.5. The molecule has 2 amide bonds. The molecule has 0 unspecified atom stereocenters. The number of aromatic nitrogens is 2. The first kappa shape index (κ1) is 24.1. The molecule has 182 valence electrons. The molecule has 2 fully saturated rings. The highest BCUT2D eigenvalue weighted by molar-refractivity contribution is 5.83. The molecule has 0 saturated carbocycles. The Bertz CT molecular complexity index is 1020. The number of piperidine rings is 2. The molecule has 1 aromatic heterocycles. The van der Waals surface area contributed by atoms with Gasteiger partial charge >= 0.3 is 0 Å². The van der Waals surface area contributed by atoms with Crippen LogP contribution < -0.4 is 4.74 Å². The molecule has 0 radical (unpaired) electrons. The quantitative estimate of drug-likeness (QED) is 0.647. The van der Waals surface area contributed by atoms with Crippen LogP contribution in [0, 0.1) is 12.3 Å². The van der Waals surface area contributed by atoms with Gasteiger partial charge in [-0.3, -0.25) is 14.6 Å². The summed E-state index contributed by atoms with van der Waals surface area (Å²) in [5.41, 5.74) is 1.52. The van der Waals surface area contributed by atoms with Crippen molar-refractivity contribution in [2.45, 2.75) is 45.4 Å². The van der Waals surface area contributed by atoms with Gasteiger partial charge in [0.05, 0.1) is 11.9 Å². The van der Waals surface area contributed by atoms with E-state index >= 15 is 0 Å². The zero-order chi connectivity index (χ0) is 24.1. The Labute approximate surface area is 201 Å². The van der Waals surface area contributed by atoms with Crippen LogP contribution in [0.3, 0.4) is 0 Å². The van der Waals surface area contributed by atoms with Gasteiger partial charge in [-0.15, -0.1) is 0 Å². The second-order valence-corrected chi connectivity index (χ2v) is 9.67. The molecule has 0 spiro atoms. The Morgan fingerprint density at radius 3 is 2.68 bits per heavy atom. The summed E-state index contributed by atoms with van der Waals surface area (Å²) in [5, 5.41) is 0. The Balaban J connectivity index is 1.39. The Morgan fingerprint density at radius 1 is 1.15 bits per heavy atom. The third kappa shape index (κ3) is 5.55. The van der Waals surface area contributed by atoms with E-state index in [-0.39, 0.29) is 24.3 Å². The molecule has 8 heteroatoms. The lowest BCUT2D eigenvalue weighted by atomic mass is 9.78. The lowest BCUT2D eigenvalue weighted by Crippen LogP contribution is -2.52. The molecule has 0 bridgehead atoms. The van der Waals surface area contributed by atoms with Crippen molar-refractivity contribution < 1.29 is 19.1 Å². The average molecular weight is 467 g/mol. The van der Waals surface area contributed by atoms with E-state index in [2.05, 4.69) is 4.98 Å². The fourth-order valence-electron chi connectivity index (χ4n) is 4.87. The molecule has 0 aliphatic carbocycles. The normalized spacial score (nSPS) is 20.1. The number of benzene rings is 1. The average Bonchev–Trinajstić information content (AvgIpc) is 2.84. The zero-order valence-electron chi connectivity index (χ0n) is 20.3. The highest BCUT2D eigenvalue weighted by Crippen LogP contribution is 2.36. The van der Waals surface area contributed by atoms with Gasteiger partial charge in [-0.05, 0) is 50.3 Å². The molecule has 3 heterocycles. The fourth-order valence-corrected chi connectivity index (χ4v) is 4.87. The van der Waals surface area contributed by atoms with E-state index in [0.717, 1.165) is 36.4 Å². The maximum atomic E-state index is 13.5. The minimum Gasteiger partial charge on any atom is -0.437 e. The van der Waals surface area contributed by atoms with Crippen molar-refractivity contribution in [1.82, 2.24) is 19.8 Å². The molecule has 8 nitrogen and oxygen atoms in total. The summed E-state index contributed by atoms with van der Waals surface area (Å²) < 4.78 is 10.9. The lowest BCUT2D eigenvalue weighted by Gasteiger charge is -2.43. The van der Waals surface area contributed by atoms with E-state index in [9.17, 15) is 9.59 Å². The zero-order valence-corrected chi connectivity index (χ0v) is 20.3. The minimum atomic E-state index is -0.451. The molecular formula is C26H34N4O4. The van der Waals surface area contributed by atoms with Gasteiger partial charge in [-0.25, -0.2) is 4.98 Å². The Morgan fingerprint density at radius 2 is 1.94 bits per heavy atom. The molecular weight excluding hydrogens is 432 g/mol. The van der Waals surface area contributed by atoms with E-state index in [1.54, 1.807) is 17.3 Å². The van der Waals surface area contributed by atoms with Crippen LogP contribution in [0.25, 0.3) is 0 Å². The van der Waals surface area contributed by atoms with Gasteiger partial charge < -0.3 is 19.3 Å². The molecule has 1 aromatic carbocycles. The number of carbonyl (C=O) groups is 2. The number of hydrogen-bond donors (Lipinski definition) is 0. The number of methoxy groups -OCH3 is 1. The second kappa shape index (κ2) is 10.5. The molecule has 4 rings (SSSR count). The SMILES string of the molecule is COCC(=O)N1CCC(C)(C(=O)N2CCC[C@@H](c3cncc(Oc4cccc(C)c4)n3)C2)CC1. The maximum Gasteiger partial charge on any atom is 0.248 e. The topological polar surface area (TPSA) is 84.9 Å². The summed E-state index contributed by atoms with van der Waals surface area (Å²) in [7, 11) is 1.52. The third-order valence-electron chi connectivity index (χ3n) is 6.97. The van der Waals surface area contributed by atoms with Crippen LogP contribution in [-0.2, 0) is 14.3 Å². The predicted octanol–water partition coefficient (Wildman–Crippen LogP) is 3.56. The Kier molecular flexibility index (Phi) is 7.46. The largest absolute Gasteiger partial charge is 0.437 e. The predicted molar refractivity (Wildman–Crippen MR) is 128 cm³/mol. The first-order valence-electron chi connectivity index (χ1n) is 12.0. The van der Waals surface area contributed by atoms with E-state index in [1.807, 2.05) is 43.0 Å². The van der Waals surface area contributed by atoms with Crippen LogP contribution in [0.5, 0.6) is 11.6 Å². The molecule has 2 saturated heterocycles. The summed E-state index contributed by atoms with van der Waals surface area (Å²) in [6.45, 7) is 6.70. The van der Waals surface area contributed by atoms with Gasteiger partial charge in [-0.1, -0.05) is 19.1 Å². The van der Waals surface area contributed by atoms with Gasteiger partial charge in [0.1, 0.15) is 12.4 Å². The lowest BCUT2D eigenvalue weighted by molar-refractivity contribution is -0.149. The smallest absolute Gasteiger partial charge is 0.248 e. The molecule has 0 N–H and O–H groups in total. The van der Waals surface area contributed by atoms with E-state index in [0.29, 0.717) is 38.4 Å². The van der Waals surface area contributed by atoms with Crippen LogP contribution in [0.1, 0.15) is 49.8 Å². The van der Waals surface area contributed by atoms with Gasteiger partial charge in [-0.2, -0.15) is 0 Å². The standard InChI is InChI=1S/C26H34N4O4/c1-19-6-4-8-21(14-19)34-23-16-27-15-22(28-23)20-7-5-11-30(17-20)25(32)26(2)9-12-29(13-10-26)24(31)18-33-3/h4,6,8,14-16,20H,5,7,9-13,17-18H2,1-3H3/t20-/m1/s1. The highest BCUT2D eigenvalue weighted by Gasteiger charge is 2.41. The van der Waals surface area contributed by atoms with Crippen molar-refractivity contribution in [2.75, 3.05) is 39.9 Å². The second-order valence-electron chi connectivity index (χ2n) is 9.67. The first-order valence-corrected chi connectivity index (χ1v) is 12.0. The number of nitrogens with zero attached hydrogens (tertiary/aromatic N) is 4. The first-order chi connectivity index (χ1) is 16.4. The number of hydrogen-bond acceptors (Lipinski definition) is 6. The summed E-state index contributed by atoms with van der Waals surface area (Å²) in [6, 6.07) is 7.83. The monoisotopic (exact) mass is 466 g/mol. The molecule has 2 aliphatic heterocycles. The number of ether oxygens (including phenoxy) is 2. The van der Waals surface area contributed by atoms with Crippen LogP contribution in [0.15, 0.2) is 36.7 Å². The van der Waals surface area contributed by atoms with Crippen molar-refractivity contribution in [3.05, 3.63) is 47.9 Å². The van der Waals surface area contributed by atoms with Crippen molar-refractivity contribution in [1.29, 1.82) is 0 Å². The number of aryl methyl sites for hydroxylation is 1. The van der Waals surface area contributed by atoms with Crippen molar-refractivity contribution in [3.8, 4) is 11.6 Å². The minimum absolute atomic E-state index is 0.0126. The van der Waals surface area contributed by atoms with Crippen molar-refractivity contribution in [3.63, 3.8) is 0 Å². The van der Waals surface area contributed by atoms with E-state index in [4.69, 9.17) is 14.5 Å². The number of amides is 2. The molecule has 1 atom stereocenters. The van der Waals surface area contributed by atoms with Gasteiger partial charge in [0.25, 0.3) is 0 Å². The molecule has 34 heavy (non-hydrogen) atoms. The van der Waals surface area contributed by atoms with Gasteiger partial charge in [0.2, 0.25) is 17.7 Å². The van der Waals surface area contributed by atoms with Crippen molar-refractivity contribution >= 4 is 11.8 Å². The van der Waals surface area contributed by atoms with Crippen LogP contribution in [0.2, 0.25) is 0 Å². The third-order valence-corrected chi connectivity index (χ3v) is 6.97.